The van der Waals surface area contributed by atoms with Gasteiger partial charge in [-0.3, -0.25) is 0 Å². The summed E-state index contributed by atoms with van der Waals surface area (Å²) >= 11 is 0. The fourth-order valence-electron chi connectivity index (χ4n) is 1.76. The summed E-state index contributed by atoms with van der Waals surface area (Å²) in [6.07, 6.45) is 1.50. The maximum atomic E-state index is 5.18. The van der Waals surface area contributed by atoms with Gasteiger partial charge in [0.05, 0.1) is 12.1 Å². The summed E-state index contributed by atoms with van der Waals surface area (Å²) in [5.74, 6) is 1.47. The second kappa shape index (κ2) is 4.29. The Balaban J connectivity index is 2.37. The van der Waals surface area contributed by atoms with Crippen molar-refractivity contribution in [2.45, 2.75) is 26.3 Å². The molecule has 0 unspecified atom stereocenters. The summed E-state index contributed by atoms with van der Waals surface area (Å²) in [5, 5.41) is 7.53. The molecule has 0 saturated carbocycles. The average Bonchev–Trinajstić information content (AvgIpc) is 2.64. The first kappa shape index (κ1) is 11.8. The molecule has 0 amide bonds. The van der Waals surface area contributed by atoms with Crippen LogP contribution in [0.3, 0.4) is 0 Å². The molecule has 17 heavy (non-hydrogen) atoms. The van der Waals surface area contributed by atoms with E-state index in [1.54, 1.807) is 11.6 Å². The van der Waals surface area contributed by atoms with Crippen molar-refractivity contribution in [2.75, 3.05) is 19.0 Å². The molecule has 0 atom stereocenters. The number of aryl methyl sites for hydroxylation is 1. The molecule has 0 bridgehead atoms. The number of ether oxygens (including phenoxy) is 1. The third-order valence-corrected chi connectivity index (χ3v) is 2.35. The van der Waals surface area contributed by atoms with Gasteiger partial charge < -0.3 is 10.1 Å². The van der Waals surface area contributed by atoms with E-state index >= 15 is 0 Å². The number of nitrogens with zero attached hydrogens (tertiary/aromatic N) is 4. The molecular weight excluding hydrogens is 218 g/mol. The zero-order chi connectivity index (χ0) is 12.5. The topological polar surface area (TPSA) is 64.3 Å². The zero-order valence-electron chi connectivity index (χ0n) is 10.6. The third kappa shape index (κ3) is 2.52. The van der Waals surface area contributed by atoms with Crippen LogP contribution in [-0.2, 0) is 4.74 Å². The second-order valence-corrected chi connectivity index (χ2v) is 4.70. The SMILES string of the molecule is COCC(C)(C)Nc1cc(C)nc2ncnn12. The van der Waals surface area contributed by atoms with Gasteiger partial charge in [0.1, 0.15) is 12.1 Å². The Hall–Kier alpha value is -1.69. The van der Waals surface area contributed by atoms with Crippen LogP contribution in [0.25, 0.3) is 5.78 Å². The van der Waals surface area contributed by atoms with Crippen molar-refractivity contribution in [1.29, 1.82) is 0 Å². The molecule has 1 N–H and O–H groups in total. The van der Waals surface area contributed by atoms with Crippen LogP contribution in [0, 0.1) is 6.92 Å². The summed E-state index contributed by atoms with van der Waals surface area (Å²) in [6.45, 7) is 6.66. The highest BCUT2D eigenvalue weighted by Gasteiger charge is 2.19. The lowest BCUT2D eigenvalue weighted by Crippen LogP contribution is -2.36. The van der Waals surface area contributed by atoms with Gasteiger partial charge in [0.15, 0.2) is 0 Å². The minimum atomic E-state index is -0.179. The molecule has 2 heterocycles. The first-order chi connectivity index (χ1) is 8.02. The molecule has 6 heteroatoms. The third-order valence-electron chi connectivity index (χ3n) is 2.35. The smallest absolute Gasteiger partial charge is 0.254 e. The number of aromatic nitrogens is 4. The van der Waals surface area contributed by atoms with Crippen LogP contribution >= 0.6 is 0 Å². The molecule has 0 spiro atoms. The van der Waals surface area contributed by atoms with Crippen LogP contribution in [-0.4, -0.2) is 38.8 Å². The molecule has 0 aliphatic rings. The molecule has 6 nitrogen and oxygen atoms in total. The molecule has 0 aliphatic carbocycles. The average molecular weight is 235 g/mol. The van der Waals surface area contributed by atoms with Gasteiger partial charge in [-0.05, 0) is 20.8 Å². The molecular formula is C11H17N5O. The van der Waals surface area contributed by atoms with Crippen LogP contribution in [0.15, 0.2) is 12.4 Å². The molecule has 2 aromatic rings. The standard InChI is InChI=1S/C11H17N5O/c1-8-5-9(15-11(2,3)6-17-4)16-10(14-8)12-7-13-16/h5,7,15H,6H2,1-4H3. The van der Waals surface area contributed by atoms with E-state index in [-0.39, 0.29) is 5.54 Å². The molecule has 2 rings (SSSR count). The number of hydrogen-bond acceptors (Lipinski definition) is 5. The number of nitrogens with one attached hydrogen (secondary N) is 1. The Kier molecular flexibility index (Phi) is 2.97. The van der Waals surface area contributed by atoms with E-state index in [0.29, 0.717) is 12.4 Å². The van der Waals surface area contributed by atoms with Crippen molar-refractivity contribution in [3.63, 3.8) is 0 Å². The van der Waals surface area contributed by atoms with Gasteiger partial charge in [-0.2, -0.15) is 14.6 Å². The summed E-state index contributed by atoms with van der Waals surface area (Å²) in [5.41, 5.74) is 0.725. The number of anilines is 1. The zero-order valence-corrected chi connectivity index (χ0v) is 10.6. The van der Waals surface area contributed by atoms with Crippen LogP contribution < -0.4 is 5.32 Å². The minimum absolute atomic E-state index is 0.179. The van der Waals surface area contributed by atoms with Gasteiger partial charge in [0.25, 0.3) is 5.78 Å². The van der Waals surface area contributed by atoms with Gasteiger partial charge in [0.2, 0.25) is 0 Å². The van der Waals surface area contributed by atoms with Gasteiger partial charge in [-0.1, -0.05) is 0 Å². The first-order valence-electron chi connectivity index (χ1n) is 5.46. The predicted octanol–water partition coefficient (Wildman–Crippen LogP) is 1.27. The van der Waals surface area contributed by atoms with Crippen molar-refractivity contribution >= 4 is 11.6 Å². The molecule has 0 aromatic carbocycles. The van der Waals surface area contributed by atoms with Crippen molar-refractivity contribution in [1.82, 2.24) is 19.6 Å². The highest BCUT2D eigenvalue weighted by molar-refractivity contribution is 5.46. The van der Waals surface area contributed by atoms with Crippen molar-refractivity contribution < 1.29 is 4.74 Å². The van der Waals surface area contributed by atoms with Crippen LogP contribution in [0.2, 0.25) is 0 Å². The van der Waals surface area contributed by atoms with Crippen LogP contribution in [0.1, 0.15) is 19.5 Å². The van der Waals surface area contributed by atoms with Gasteiger partial charge in [-0.25, -0.2) is 4.98 Å². The van der Waals surface area contributed by atoms with Crippen molar-refractivity contribution in [3.8, 4) is 0 Å². The van der Waals surface area contributed by atoms with Crippen molar-refractivity contribution in [2.24, 2.45) is 0 Å². The number of rotatable bonds is 4. The maximum Gasteiger partial charge on any atom is 0.254 e. The predicted molar refractivity (Wildman–Crippen MR) is 65.1 cm³/mol. The summed E-state index contributed by atoms with van der Waals surface area (Å²) < 4.78 is 6.86. The molecule has 0 radical (unpaired) electrons. The fraction of sp³-hybridized carbons (Fsp3) is 0.545. The minimum Gasteiger partial charge on any atom is -0.382 e. The Morgan fingerprint density at radius 2 is 2.24 bits per heavy atom. The quantitative estimate of drug-likeness (QED) is 0.864. The van der Waals surface area contributed by atoms with E-state index in [9.17, 15) is 0 Å². The van der Waals surface area contributed by atoms with E-state index in [0.717, 1.165) is 11.5 Å². The highest BCUT2D eigenvalue weighted by Crippen LogP contribution is 2.16. The Bertz CT molecular complexity index is 520. The second-order valence-electron chi connectivity index (χ2n) is 4.70. The lowest BCUT2D eigenvalue weighted by Gasteiger charge is -2.26. The van der Waals surface area contributed by atoms with Gasteiger partial charge >= 0.3 is 0 Å². The highest BCUT2D eigenvalue weighted by atomic mass is 16.5. The molecule has 92 valence electrons. The summed E-state index contributed by atoms with van der Waals surface area (Å²) in [6, 6.07) is 1.94. The van der Waals surface area contributed by atoms with Gasteiger partial charge in [-0.15, -0.1) is 0 Å². The summed E-state index contributed by atoms with van der Waals surface area (Å²) in [4.78, 5) is 8.38. The lowest BCUT2D eigenvalue weighted by atomic mass is 10.1. The van der Waals surface area contributed by atoms with Crippen molar-refractivity contribution in [3.05, 3.63) is 18.1 Å². The molecule has 0 fully saturated rings. The molecule has 2 aromatic heterocycles. The largest absolute Gasteiger partial charge is 0.382 e. The first-order valence-corrected chi connectivity index (χ1v) is 5.46. The Labute approximate surface area is 100 Å². The van der Waals surface area contributed by atoms with Gasteiger partial charge in [0, 0.05) is 18.9 Å². The molecule has 0 aliphatic heterocycles. The molecule has 0 saturated heterocycles. The maximum absolute atomic E-state index is 5.18. The fourth-order valence-corrected chi connectivity index (χ4v) is 1.76. The lowest BCUT2D eigenvalue weighted by molar-refractivity contribution is 0.158. The Morgan fingerprint density at radius 1 is 1.47 bits per heavy atom. The summed E-state index contributed by atoms with van der Waals surface area (Å²) in [7, 11) is 1.69. The van der Waals surface area contributed by atoms with Crippen LogP contribution in [0.5, 0.6) is 0 Å². The van der Waals surface area contributed by atoms with Crippen LogP contribution in [0.4, 0.5) is 5.82 Å². The van der Waals surface area contributed by atoms with E-state index in [4.69, 9.17) is 4.74 Å². The van der Waals surface area contributed by atoms with E-state index in [2.05, 4.69) is 34.2 Å². The number of hydrogen-bond donors (Lipinski definition) is 1. The monoisotopic (exact) mass is 235 g/mol. The normalized spacial score (nSPS) is 12.0. The van der Waals surface area contributed by atoms with E-state index in [1.165, 1.54) is 6.33 Å². The Morgan fingerprint density at radius 3 is 2.94 bits per heavy atom. The van der Waals surface area contributed by atoms with E-state index < -0.39 is 0 Å². The number of methoxy groups -OCH3 is 1. The van der Waals surface area contributed by atoms with E-state index in [1.807, 2.05) is 13.0 Å². The number of fused-ring (bicyclic) bond motifs is 1.